The Morgan fingerprint density at radius 1 is 1.05 bits per heavy atom. The summed E-state index contributed by atoms with van der Waals surface area (Å²) in [5.74, 6) is -1.94. The minimum Gasteiger partial charge on any atom is -0.325 e. The fourth-order valence-corrected chi connectivity index (χ4v) is 2.89. The SMILES string of the molecule is O=C(CS(=O)(=O)c1ccc(F)cc1)Nc1ccc(Cl)cc1. The predicted octanol–water partition coefficient (Wildman–Crippen LogP) is 2.89. The molecule has 7 heteroatoms. The molecule has 0 saturated carbocycles. The molecule has 0 aliphatic carbocycles. The van der Waals surface area contributed by atoms with Crippen molar-refractivity contribution in [3.05, 3.63) is 59.4 Å². The molecule has 2 aromatic rings. The zero-order valence-electron chi connectivity index (χ0n) is 10.7. The van der Waals surface area contributed by atoms with E-state index in [0.717, 1.165) is 24.3 Å². The molecule has 1 N–H and O–H groups in total. The van der Waals surface area contributed by atoms with Crippen LogP contribution in [0.25, 0.3) is 0 Å². The van der Waals surface area contributed by atoms with E-state index in [2.05, 4.69) is 5.32 Å². The van der Waals surface area contributed by atoms with Gasteiger partial charge in [0, 0.05) is 10.7 Å². The molecule has 0 fully saturated rings. The summed E-state index contributed by atoms with van der Waals surface area (Å²) in [6.07, 6.45) is 0. The molecular formula is C14H11ClFNO3S. The van der Waals surface area contributed by atoms with Crippen LogP contribution >= 0.6 is 11.6 Å². The third kappa shape index (κ3) is 4.27. The first-order valence-electron chi connectivity index (χ1n) is 5.90. The van der Waals surface area contributed by atoms with E-state index in [4.69, 9.17) is 11.6 Å². The average molecular weight is 328 g/mol. The first-order valence-corrected chi connectivity index (χ1v) is 7.93. The third-order valence-corrected chi connectivity index (χ3v) is 4.51. The highest BCUT2D eigenvalue weighted by atomic mass is 35.5. The lowest BCUT2D eigenvalue weighted by molar-refractivity contribution is -0.113. The third-order valence-electron chi connectivity index (χ3n) is 2.62. The minimum absolute atomic E-state index is 0.102. The molecule has 0 atom stereocenters. The van der Waals surface area contributed by atoms with E-state index in [0.29, 0.717) is 10.7 Å². The van der Waals surface area contributed by atoms with Crippen molar-refractivity contribution in [2.75, 3.05) is 11.1 Å². The van der Waals surface area contributed by atoms with Crippen LogP contribution in [0.15, 0.2) is 53.4 Å². The molecule has 2 aromatic carbocycles. The van der Waals surface area contributed by atoms with Gasteiger partial charge in [-0.3, -0.25) is 4.79 Å². The summed E-state index contributed by atoms with van der Waals surface area (Å²) in [5.41, 5.74) is 0.443. The molecule has 1 amide bonds. The van der Waals surface area contributed by atoms with E-state index >= 15 is 0 Å². The molecular weight excluding hydrogens is 317 g/mol. The van der Waals surface area contributed by atoms with Gasteiger partial charge in [-0.15, -0.1) is 0 Å². The summed E-state index contributed by atoms with van der Waals surface area (Å²) in [4.78, 5) is 11.7. The van der Waals surface area contributed by atoms with Gasteiger partial charge >= 0.3 is 0 Å². The van der Waals surface area contributed by atoms with Crippen molar-refractivity contribution in [1.82, 2.24) is 0 Å². The molecule has 0 spiro atoms. The predicted molar refractivity (Wildman–Crippen MR) is 78.5 cm³/mol. The molecule has 0 aromatic heterocycles. The number of rotatable bonds is 4. The summed E-state index contributed by atoms with van der Waals surface area (Å²) >= 11 is 5.71. The maximum atomic E-state index is 12.8. The fraction of sp³-hybridized carbons (Fsp3) is 0.0714. The van der Waals surface area contributed by atoms with Crippen molar-refractivity contribution in [2.45, 2.75) is 4.90 Å². The molecule has 0 heterocycles. The van der Waals surface area contributed by atoms with Gasteiger partial charge in [0.1, 0.15) is 11.6 Å². The molecule has 0 bridgehead atoms. The molecule has 0 saturated heterocycles. The number of carbonyl (C=O) groups excluding carboxylic acids is 1. The Hall–Kier alpha value is -1.92. The topological polar surface area (TPSA) is 63.2 Å². The van der Waals surface area contributed by atoms with Crippen molar-refractivity contribution in [2.24, 2.45) is 0 Å². The summed E-state index contributed by atoms with van der Waals surface area (Å²) < 4.78 is 36.8. The number of hydrogen-bond acceptors (Lipinski definition) is 3. The zero-order chi connectivity index (χ0) is 15.5. The van der Waals surface area contributed by atoms with E-state index in [-0.39, 0.29) is 4.90 Å². The molecule has 0 aliphatic rings. The Labute approximate surface area is 126 Å². The maximum absolute atomic E-state index is 12.8. The second-order valence-corrected chi connectivity index (χ2v) is 6.69. The second-order valence-electron chi connectivity index (χ2n) is 4.27. The van der Waals surface area contributed by atoms with E-state index in [1.54, 1.807) is 24.3 Å². The van der Waals surface area contributed by atoms with Crippen LogP contribution in [0.1, 0.15) is 0 Å². The van der Waals surface area contributed by atoms with Gasteiger partial charge in [0.25, 0.3) is 0 Å². The molecule has 21 heavy (non-hydrogen) atoms. The van der Waals surface area contributed by atoms with Gasteiger partial charge in [-0.1, -0.05) is 11.6 Å². The Balaban J connectivity index is 2.07. The van der Waals surface area contributed by atoms with Crippen LogP contribution in [0.2, 0.25) is 5.02 Å². The second kappa shape index (κ2) is 6.24. The van der Waals surface area contributed by atoms with Crippen LogP contribution in [-0.4, -0.2) is 20.1 Å². The van der Waals surface area contributed by atoms with Crippen LogP contribution in [0.3, 0.4) is 0 Å². The van der Waals surface area contributed by atoms with Crippen molar-refractivity contribution in [3.8, 4) is 0 Å². The van der Waals surface area contributed by atoms with Crippen LogP contribution in [-0.2, 0) is 14.6 Å². The molecule has 0 unspecified atom stereocenters. The van der Waals surface area contributed by atoms with Gasteiger partial charge in [0.05, 0.1) is 4.90 Å². The van der Waals surface area contributed by atoms with Crippen LogP contribution < -0.4 is 5.32 Å². The van der Waals surface area contributed by atoms with Gasteiger partial charge < -0.3 is 5.32 Å². The largest absolute Gasteiger partial charge is 0.325 e. The lowest BCUT2D eigenvalue weighted by atomic mass is 10.3. The normalized spacial score (nSPS) is 11.1. The molecule has 0 radical (unpaired) electrons. The van der Waals surface area contributed by atoms with Gasteiger partial charge in [-0.25, -0.2) is 12.8 Å². The van der Waals surface area contributed by atoms with E-state index in [1.165, 1.54) is 0 Å². The number of anilines is 1. The first kappa shape index (κ1) is 15.5. The Kier molecular flexibility index (Phi) is 4.59. The van der Waals surface area contributed by atoms with Gasteiger partial charge in [-0.2, -0.15) is 0 Å². The number of benzene rings is 2. The number of halogens is 2. The lowest BCUT2D eigenvalue weighted by Gasteiger charge is -2.06. The summed E-state index contributed by atoms with van der Waals surface area (Å²) in [5, 5.41) is 2.96. The maximum Gasteiger partial charge on any atom is 0.239 e. The van der Waals surface area contributed by atoms with E-state index < -0.39 is 27.3 Å². The quantitative estimate of drug-likeness (QED) is 0.878. The van der Waals surface area contributed by atoms with Gasteiger partial charge in [0.2, 0.25) is 5.91 Å². The van der Waals surface area contributed by atoms with Crippen molar-refractivity contribution >= 4 is 33.0 Å². The number of amides is 1. The molecule has 2 rings (SSSR count). The summed E-state index contributed by atoms with van der Waals surface area (Å²) in [6, 6.07) is 10.6. The highest BCUT2D eigenvalue weighted by Gasteiger charge is 2.19. The Morgan fingerprint density at radius 3 is 2.19 bits per heavy atom. The van der Waals surface area contributed by atoms with Crippen molar-refractivity contribution in [1.29, 1.82) is 0 Å². The molecule has 110 valence electrons. The number of sulfone groups is 1. The highest BCUT2D eigenvalue weighted by Crippen LogP contribution is 2.15. The average Bonchev–Trinajstić information content (AvgIpc) is 2.41. The van der Waals surface area contributed by atoms with E-state index in [1.807, 2.05) is 0 Å². The van der Waals surface area contributed by atoms with Gasteiger partial charge in [-0.05, 0) is 48.5 Å². The van der Waals surface area contributed by atoms with Crippen LogP contribution in [0.5, 0.6) is 0 Å². The van der Waals surface area contributed by atoms with Crippen molar-refractivity contribution in [3.63, 3.8) is 0 Å². The highest BCUT2D eigenvalue weighted by molar-refractivity contribution is 7.92. The zero-order valence-corrected chi connectivity index (χ0v) is 12.3. The first-order chi connectivity index (χ1) is 9.87. The number of hydrogen-bond donors (Lipinski definition) is 1. The standard InChI is InChI=1S/C14H11ClFNO3S/c15-10-1-5-12(6-2-10)17-14(18)9-21(19,20)13-7-3-11(16)4-8-13/h1-8H,9H2,(H,17,18). The van der Waals surface area contributed by atoms with E-state index in [9.17, 15) is 17.6 Å². The summed E-state index contributed by atoms with van der Waals surface area (Å²) in [7, 11) is -3.81. The number of nitrogens with one attached hydrogen (secondary N) is 1. The smallest absolute Gasteiger partial charge is 0.239 e. The Morgan fingerprint density at radius 2 is 1.62 bits per heavy atom. The molecule has 4 nitrogen and oxygen atoms in total. The van der Waals surface area contributed by atoms with Crippen LogP contribution in [0, 0.1) is 5.82 Å². The van der Waals surface area contributed by atoms with Gasteiger partial charge in [0.15, 0.2) is 9.84 Å². The number of carbonyl (C=O) groups is 1. The molecule has 0 aliphatic heterocycles. The van der Waals surface area contributed by atoms with Crippen LogP contribution in [0.4, 0.5) is 10.1 Å². The monoisotopic (exact) mass is 327 g/mol. The summed E-state index contributed by atoms with van der Waals surface area (Å²) in [6.45, 7) is 0. The lowest BCUT2D eigenvalue weighted by Crippen LogP contribution is -2.23. The fourth-order valence-electron chi connectivity index (χ4n) is 1.63. The Bertz CT molecular complexity index is 743. The minimum atomic E-state index is -3.81. The van der Waals surface area contributed by atoms with Crippen molar-refractivity contribution < 1.29 is 17.6 Å².